The Bertz CT molecular complexity index is 476. The van der Waals surface area contributed by atoms with Gasteiger partial charge in [0.2, 0.25) is 0 Å². The van der Waals surface area contributed by atoms with E-state index < -0.39 is 6.10 Å². The van der Waals surface area contributed by atoms with Crippen molar-refractivity contribution in [3.63, 3.8) is 0 Å². The Labute approximate surface area is 143 Å². The lowest BCUT2D eigenvalue weighted by Gasteiger charge is -2.39. The number of nitrogens with one attached hydrogen (secondary N) is 1. The molecule has 1 aliphatic rings. The highest BCUT2D eigenvalue weighted by Gasteiger charge is 2.31. The van der Waals surface area contributed by atoms with Crippen molar-refractivity contribution >= 4 is 23.2 Å². The molecule has 1 heterocycles. The third-order valence-electron chi connectivity index (χ3n) is 4.23. The molecule has 0 bridgehead atoms. The molecule has 1 aliphatic carbocycles. The lowest BCUT2D eigenvalue weighted by molar-refractivity contribution is 0.124. The molecule has 1 unspecified atom stereocenters. The van der Waals surface area contributed by atoms with E-state index in [1.165, 1.54) is 31.7 Å². The molecule has 0 aromatic carbocycles. The fourth-order valence-electron chi connectivity index (χ4n) is 3.34. The number of pyridine rings is 1. The van der Waals surface area contributed by atoms with Gasteiger partial charge in [-0.05, 0) is 43.1 Å². The van der Waals surface area contributed by atoms with E-state index in [2.05, 4.69) is 31.1 Å². The first kappa shape index (κ1) is 18.0. The van der Waals surface area contributed by atoms with Gasteiger partial charge in [0.15, 0.2) is 0 Å². The summed E-state index contributed by atoms with van der Waals surface area (Å²) in [5, 5.41) is 14.4. The van der Waals surface area contributed by atoms with Gasteiger partial charge >= 0.3 is 0 Å². The van der Waals surface area contributed by atoms with Crippen LogP contribution in [0.4, 0.5) is 0 Å². The largest absolute Gasteiger partial charge is 0.387 e. The fourth-order valence-corrected chi connectivity index (χ4v) is 3.96. The molecule has 1 aromatic heterocycles. The Morgan fingerprint density at radius 1 is 1.23 bits per heavy atom. The molecule has 0 amide bonds. The number of aliphatic hydroxyl groups excluding tert-OH is 1. The highest BCUT2D eigenvalue weighted by Crippen LogP contribution is 2.40. The molecule has 1 atom stereocenters. The third-order valence-corrected chi connectivity index (χ3v) is 4.83. The maximum Gasteiger partial charge on any atom is 0.0944 e. The molecule has 0 spiro atoms. The van der Waals surface area contributed by atoms with Gasteiger partial charge in [0.25, 0.3) is 0 Å². The van der Waals surface area contributed by atoms with Crippen molar-refractivity contribution in [2.45, 2.75) is 46.1 Å². The average molecular weight is 345 g/mol. The van der Waals surface area contributed by atoms with Crippen LogP contribution in [0.25, 0.3) is 0 Å². The predicted octanol–water partition coefficient (Wildman–Crippen LogP) is 4.47. The van der Waals surface area contributed by atoms with Gasteiger partial charge in [0.1, 0.15) is 0 Å². The zero-order valence-electron chi connectivity index (χ0n) is 13.6. The monoisotopic (exact) mass is 344 g/mol. The quantitative estimate of drug-likeness (QED) is 0.799. The Balaban J connectivity index is 1.70. The average Bonchev–Trinajstić information content (AvgIpc) is 2.34. The van der Waals surface area contributed by atoms with Crippen LogP contribution in [0.5, 0.6) is 0 Å². The highest BCUT2D eigenvalue weighted by molar-refractivity contribution is 6.35. The molecule has 124 valence electrons. The van der Waals surface area contributed by atoms with E-state index in [-0.39, 0.29) is 0 Å². The van der Waals surface area contributed by atoms with Crippen LogP contribution in [-0.2, 0) is 0 Å². The van der Waals surface area contributed by atoms with Crippen LogP contribution in [0.2, 0.25) is 10.0 Å². The van der Waals surface area contributed by atoms with Crippen LogP contribution in [0, 0.1) is 17.3 Å². The summed E-state index contributed by atoms with van der Waals surface area (Å²) in [6.07, 6.45) is 6.19. The van der Waals surface area contributed by atoms with Crippen molar-refractivity contribution in [3.05, 3.63) is 28.0 Å². The Kier molecular flexibility index (Phi) is 6.12. The Morgan fingerprint density at radius 3 is 2.36 bits per heavy atom. The molecule has 5 heteroatoms. The predicted molar refractivity (Wildman–Crippen MR) is 92.4 cm³/mol. The molecule has 2 rings (SSSR count). The van der Waals surface area contributed by atoms with Gasteiger partial charge in [-0.15, -0.1) is 0 Å². The molecule has 3 nitrogen and oxygen atoms in total. The van der Waals surface area contributed by atoms with Crippen molar-refractivity contribution in [3.8, 4) is 0 Å². The second-order valence-corrected chi connectivity index (χ2v) is 8.47. The molecule has 22 heavy (non-hydrogen) atoms. The summed E-state index contributed by atoms with van der Waals surface area (Å²) < 4.78 is 0. The maximum atomic E-state index is 10.2. The van der Waals surface area contributed by atoms with Gasteiger partial charge in [-0.3, -0.25) is 4.98 Å². The molecule has 2 N–H and O–H groups in total. The van der Waals surface area contributed by atoms with Crippen molar-refractivity contribution in [2.24, 2.45) is 17.3 Å². The third kappa shape index (κ3) is 5.09. The van der Waals surface area contributed by atoms with E-state index in [1.54, 1.807) is 0 Å². The second-order valence-electron chi connectivity index (χ2n) is 7.66. The van der Waals surface area contributed by atoms with Crippen LogP contribution >= 0.6 is 23.2 Å². The molecule has 0 saturated heterocycles. The molecule has 1 saturated carbocycles. The highest BCUT2D eigenvalue weighted by atomic mass is 35.5. The van der Waals surface area contributed by atoms with E-state index in [4.69, 9.17) is 23.2 Å². The van der Waals surface area contributed by atoms with Crippen LogP contribution < -0.4 is 5.32 Å². The van der Waals surface area contributed by atoms with Crippen LogP contribution in [0.15, 0.2) is 12.4 Å². The summed E-state index contributed by atoms with van der Waals surface area (Å²) in [5.41, 5.74) is 0.985. The lowest BCUT2D eigenvalue weighted by Crippen LogP contribution is -2.36. The van der Waals surface area contributed by atoms with Gasteiger partial charge in [-0.25, -0.2) is 0 Å². The van der Waals surface area contributed by atoms with E-state index in [0.717, 1.165) is 18.4 Å². The van der Waals surface area contributed by atoms with E-state index >= 15 is 0 Å². The number of aromatic nitrogens is 1. The fraction of sp³-hybridized carbons (Fsp3) is 0.706. The van der Waals surface area contributed by atoms with Crippen molar-refractivity contribution in [2.75, 3.05) is 13.1 Å². The number of hydrogen-bond donors (Lipinski definition) is 2. The van der Waals surface area contributed by atoms with Gasteiger partial charge in [-0.1, -0.05) is 44.0 Å². The zero-order chi connectivity index (χ0) is 16.3. The number of nitrogens with zero attached hydrogens (tertiary/aromatic N) is 1. The summed E-state index contributed by atoms with van der Waals surface area (Å²) in [6, 6.07) is 0. The van der Waals surface area contributed by atoms with Gasteiger partial charge in [-0.2, -0.15) is 0 Å². The van der Waals surface area contributed by atoms with Crippen LogP contribution in [-0.4, -0.2) is 23.2 Å². The van der Waals surface area contributed by atoms with Gasteiger partial charge < -0.3 is 10.4 Å². The molecule has 1 fully saturated rings. The number of hydrogen-bond acceptors (Lipinski definition) is 3. The molecule has 1 aromatic rings. The zero-order valence-corrected chi connectivity index (χ0v) is 15.1. The standard InChI is InChI=1S/C17H26Cl2N2O/c1-17(2,3)6-11-4-12(5-11)7-20-10-15(22)16-13(18)8-21-9-14(16)19/h8-9,11-12,15,20,22H,4-7,10H2,1-3H3. The lowest BCUT2D eigenvalue weighted by atomic mass is 9.68. The van der Waals surface area contributed by atoms with E-state index in [0.29, 0.717) is 27.6 Å². The summed E-state index contributed by atoms with van der Waals surface area (Å²) in [6.45, 7) is 8.31. The Hall–Kier alpha value is -0.350. The smallest absolute Gasteiger partial charge is 0.0944 e. The van der Waals surface area contributed by atoms with Gasteiger partial charge in [0.05, 0.1) is 16.1 Å². The number of rotatable bonds is 6. The normalized spacial score (nSPS) is 23.2. The minimum atomic E-state index is -0.701. The summed E-state index contributed by atoms with van der Waals surface area (Å²) in [7, 11) is 0. The van der Waals surface area contributed by atoms with Gasteiger partial charge in [0, 0.05) is 24.5 Å². The SMILES string of the molecule is CC(C)(C)CC1CC(CNCC(O)c2c(Cl)cncc2Cl)C1. The molecular weight excluding hydrogens is 319 g/mol. The minimum absolute atomic E-state index is 0.413. The summed E-state index contributed by atoms with van der Waals surface area (Å²) >= 11 is 12.1. The summed E-state index contributed by atoms with van der Waals surface area (Å²) in [4.78, 5) is 3.90. The first-order valence-electron chi connectivity index (χ1n) is 7.94. The molecule has 0 radical (unpaired) electrons. The number of halogens is 2. The first-order valence-corrected chi connectivity index (χ1v) is 8.69. The maximum absolute atomic E-state index is 10.2. The first-order chi connectivity index (χ1) is 10.3. The van der Waals surface area contributed by atoms with Crippen molar-refractivity contribution < 1.29 is 5.11 Å². The van der Waals surface area contributed by atoms with Crippen LogP contribution in [0.3, 0.4) is 0 Å². The summed E-state index contributed by atoms with van der Waals surface area (Å²) in [5.74, 6) is 1.59. The van der Waals surface area contributed by atoms with Crippen LogP contribution in [0.1, 0.15) is 51.7 Å². The molecular formula is C17H26Cl2N2O. The minimum Gasteiger partial charge on any atom is -0.387 e. The van der Waals surface area contributed by atoms with Crippen molar-refractivity contribution in [1.29, 1.82) is 0 Å². The topological polar surface area (TPSA) is 45.1 Å². The van der Waals surface area contributed by atoms with E-state index in [9.17, 15) is 5.11 Å². The second kappa shape index (κ2) is 7.48. The van der Waals surface area contributed by atoms with Crippen molar-refractivity contribution in [1.82, 2.24) is 10.3 Å². The Morgan fingerprint density at radius 2 is 1.82 bits per heavy atom. The van der Waals surface area contributed by atoms with E-state index in [1.807, 2.05) is 0 Å². The number of aliphatic hydroxyl groups is 1. The molecule has 0 aliphatic heterocycles.